The van der Waals surface area contributed by atoms with E-state index in [4.69, 9.17) is 9.47 Å². The standard InChI is InChI=1S/C32H31FN2O5S/c1-4-26-27(11-13-30(31(26)33)41(3,37)38)32(36)35-14-15-39-28-12-10-23(16-25(28)19-35)24-17-29(21(2)34-18-24)40-20-22-8-6-5-7-9-22/h5-13,16-18H,4,14-15,19-20H2,1-3H3. The van der Waals surface area contributed by atoms with Gasteiger partial charge in [0.05, 0.1) is 12.2 Å². The number of sulfone groups is 1. The zero-order valence-electron chi connectivity index (χ0n) is 23.2. The van der Waals surface area contributed by atoms with Crippen LogP contribution in [0.15, 0.2) is 77.8 Å². The van der Waals surface area contributed by atoms with Gasteiger partial charge < -0.3 is 14.4 Å². The highest BCUT2D eigenvalue weighted by Crippen LogP contribution is 2.32. The summed E-state index contributed by atoms with van der Waals surface area (Å²) in [6.07, 6.45) is 2.91. The van der Waals surface area contributed by atoms with E-state index in [1.807, 2.05) is 61.5 Å². The van der Waals surface area contributed by atoms with Gasteiger partial charge in [-0.2, -0.15) is 0 Å². The Morgan fingerprint density at radius 3 is 2.59 bits per heavy atom. The number of carbonyl (C=O) groups excluding carboxylic acids is 1. The molecule has 9 heteroatoms. The topological polar surface area (TPSA) is 85.8 Å². The van der Waals surface area contributed by atoms with Crippen molar-refractivity contribution >= 4 is 15.7 Å². The fourth-order valence-corrected chi connectivity index (χ4v) is 5.67. The number of pyridine rings is 1. The molecule has 1 aliphatic rings. The van der Waals surface area contributed by atoms with Gasteiger partial charge in [-0.05, 0) is 54.8 Å². The molecule has 5 rings (SSSR count). The zero-order valence-corrected chi connectivity index (χ0v) is 24.0. The van der Waals surface area contributed by atoms with Gasteiger partial charge in [0.25, 0.3) is 5.91 Å². The highest BCUT2D eigenvalue weighted by atomic mass is 32.2. The van der Waals surface area contributed by atoms with Crippen LogP contribution in [0.25, 0.3) is 11.1 Å². The van der Waals surface area contributed by atoms with Gasteiger partial charge in [0, 0.05) is 41.3 Å². The summed E-state index contributed by atoms with van der Waals surface area (Å²) in [5.74, 6) is 0.100. The van der Waals surface area contributed by atoms with E-state index in [1.54, 1.807) is 18.0 Å². The van der Waals surface area contributed by atoms with Crippen molar-refractivity contribution in [3.63, 3.8) is 0 Å². The van der Waals surface area contributed by atoms with Gasteiger partial charge in [0.1, 0.15) is 35.4 Å². The van der Waals surface area contributed by atoms with Crippen LogP contribution in [0.5, 0.6) is 11.5 Å². The Kier molecular flexibility index (Phi) is 8.08. The van der Waals surface area contributed by atoms with Crippen molar-refractivity contribution in [1.82, 2.24) is 9.88 Å². The van der Waals surface area contributed by atoms with E-state index >= 15 is 4.39 Å². The van der Waals surface area contributed by atoms with Crippen molar-refractivity contribution in [1.29, 1.82) is 0 Å². The first-order valence-electron chi connectivity index (χ1n) is 13.4. The monoisotopic (exact) mass is 574 g/mol. The number of aryl methyl sites for hydroxylation is 1. The lowest BCUT2D eigenvalue weighted by Crippen LogP contribution is -2.33. The Morgan fingerprint density at radius 1 is 1.07 bits per heavy atom. The molecular formula is C32H31FN2O5S. The second kappa shape index (κ2) is 11.7. The summed E-state index contributed by atoms with van der Waals surface area (Å²) in [5, 5.41) is 0. The van der Waals surface area contributed by atoms with Crippen LogP contribution in [-0.4, -0.2) is 43.6 Å². The lowest BCUT2D eigenvalue weighted by molar-refractivity contribution is 0.0731. The molecule has 2 heterocycles. The summed E-state index contributed by atoms with van der Waals surface area (Å²) in [7, 11) is -3.77. The van der Waals surface area contributed by atoms with Gasteiger partial charge >= 0.3 is 0 Å². The minimum absolute atomic E-state index is 0.0887. The van der Waals surface area contributed by atoms with Crippen molar-refractivity contribution in [2.75, 3.05) is 19.4 Å². The van der Waals surface area contributed by atoms with E-state index in [9.17, 15) is 13.2 Å². The maximum Gasteiger partial charge on any atom is 0.254 e. The number of fused-ring (bicyclic) bond motifs is 1. The third-order valence-electron chi connectivity index (χ3n) is 7.13. The van der Waals surface area contributed by atoms with Crippen LogP contribution < -0.4 is 9.47 Å². The average Bonchev–Trinajstić information content (AvgIpc) is 3.18. The highest BCUT2D eigenvalue weighted by Gasteiger charge is 2.27. The Labute approximate surface area is 239 Å². The maximum absolute atomic E-state index is 15.1. The van der Waals surface area contributed by atoms with Crippen LogP contribution in [0.2, 0.25) is 0 Å². The summed E-state index contributed by atoms with van der Waals surface area (Å²) < 4.78 is 51.2. The predicted molar refractivity (Wildman–Crippen MR) is 154 cm³/mol. The van der Waals surface area contributed by atoms with Crippen LogP contribution >= 0.6 is 0 Å². The fourth-order valence-electron chi connectivity index (χ4n) is 4.90. The van der Waals surface area contributed by atoms with E-state index in [2.05, 4.69) is 4.98 Å². The first-order valence-corrected chi connectivity index (χ1v) is 15.2. The van der Waals surface area contributed by atoms with Crippen LogP contribution in [0, 0.1) is 12.7 Å². The Balaban J connectivity index is 1.41. The van der Waals surface area contributed by atoms with E-state index in [1.165, 1.54) is 12.1 Å². The van der Waals surface area contributed by atoms with Crippen molar-refractivity contribution in [3.8, 4) is 22.6 Å². The lowest BCUT2D eigenvalue weighted by Gasteiger charge is -2.22. The molecule has 0 unspecified atom stereocenters. The Hall–Kier alpha value is -4.24. The number of hydrogen-bond donors (Lipinski definition) is 0. The second-order valence-electron chi connectivity index (χ2n) is 10.0. The van der Waals surface area contributed by atoms with Crippen LogP contribution in [0.4, 0.5) is 4.39 Å². The maximum atomic E-state index is 15.1. The van der Waals surface area contributed by atoms with E-state index in [0.717, 1.165) is 34.2 Å². The number of hydrogen-bond acceptors (Lipinski definition) is 6. The number of amides is 1. The van der Waals surface area contributed by atoms with Crippen LogP contribution in [-0.2, 0) is 29.4 Å². The first kappa shape index (κ1) is 28.3. The molecule has 0 atom stereocenters. The molecule has 1 amide bonds. The molecule has 0 aliphatic carbocycles. The fraction of sp³-hybridized carbons (Fsp3) is 0.250. The molecule has 0 fully saturated rings. The minimum atomic E-state index is -3.77. The van der Waals surface area contributed by atoms with Gasteiger partial charge in [0.2, 0.25) is 0 Å². The Bertz CT molecular complexity index is 1710. The van der Waals surface area contributed by atoms with E-state index in [-0.39, 0.29) is 36.6 Å². The normalized spacial score (nSPS) is 13.2. The minimum Gasteiger partial charge on any atom is -0.491 e. The summed E-state index contributed by atoms with van der Waals surface area (Å²) in [6, 6.07) is 20.2. The highest BCUT2D eigenvalue weighted by molar-refractivity contribution is 7.90. The number of nitrogens with zero attached hydrogens (tertiary/aromatic N) is 2. The molecule has 0 radical (unpaired) electrons. The van der Waals surface area contributed by atoms with Crippen molar-refractivity contribution in [3.05, 3.63) is 107 Å². The lowest BCUT2D eigenvalue weighted by atomic mass is 10.0. The second-order valence-corrected chi connectivity index (χ2v) is 12.0. The number of benzene rings is 3. The van der Waals surface area contributed by atoms with Gasteiger partial charge in [0.15, 0.2) is 9.84 Å². The Morgan fingerprint density at radius 2 is 1.85 bits per heavy atom. The third-order valence-corrected chi connectivity index (χ3v) is 8.24. The van der Waals surface area contributed by atoms with Crippen LogP contribution in [0.1, 0.15) is 39.7 Å². The molecule has 0 saturated carbocycles. The molecule has 41 heavy (non-hydrogen) atoms. The quantitative estimate of drug-likeness (QED) is 0.278. The van der Waals surface area contributed by atoms with Crippen molar-refractivity contribution in [2.45, 2.75) is 38.3 Å². The first-order chi connectivity index (χ1) is 19.7. The number of rotatable bonds is 7. The average molecular weight is 575 g/mol. The zero-order chi connectivity index (χ0) is 29.1. The molecule has 212 valence electrons. The molecule has 0 spiro atoms. The van der Waals surface area contributed by atoms with E-state index < -0.39 is 20.5 Å². The SMILES string of the molecule is CCc1c(C(=O)N2CCOc3ccc(-c4cnc(C)c(OCc5ccccc5)c4)cc3C2)ccc(S(C)(=O)=O)c1F. The summed E-state index contributed by atoms with van der Waals surface area (Å²) in [5.41, 5.74) is 4.62. The molecular weight excluding hydrogens is 543 g/mol. The molecule has 3 aromatic carbocycles. The van der Waals surface area contributed by atoms with Gasteiger partial charge in [-0.15, -0.1) is 0 Å². The molecule has 0 bridgehead atoms. The summed E-state index contributed by atoms with van der Waals surface area (Å²) in [4.78, 5) is 19.3. The smallest absolute Gasteiger partial charge is 0.254 e. The van der Waals surface area contributed by atoms with Gasteiger partial charge in [-0.25, -0.2) is 12.8 Å². The largest absolute Gasteiger partial charge is 0.491 e. The number of carbonyl (C=O) groups is 1. The molecule has 4 aromatic rings. The number of halogens is 1. The molecule has 1 aliphatic heterocycles. The van der Waals surface area contributed by atoms with Gasteiger partial charge in [-0.1, -0.05) is 43.3 Å². The number of ether oxygens (including phenoxy) is 2. The van der Waals surface area contributed by atoms with E-state index in [0.29, 0.717) is 24.7 Å². The predicted octanol–water partition coefficient (Wildman–Crippen LogP) is 5.78. The van der Waals surface area contributed by atoms with Crippen molar-refractivity contribution < 1.29 is 27.1 Å². The summed E-state index contributed by atoms with van der Waals surface area (Å²) >= 11 is 0. The third kappa shape index (κ3) is 6.10. The van der Waals surface area contributed by atoms with Crippen LogP contribution in [0.3, 0.4) is 0 Å². The van der Waals surface area contributed by atoms with Crippen molar-refractivity contribution in [2.24, 2.45) is 0 Å². The molecule has 0 saturated heterocycles. The molecule has 1 aromatic heterocycles. The summed E-state index contributed by atoms with van der Waals surface area (Å²) in [6.45, 7) is 4.83. The molecule has 0 N–H and O–H groups in total. The number of aromatic nitrogens is 1. The molecule has 7 nitrogen and oxygen atoms in total. The van der Waals surface area contributed by atoms with Gasteiger partial charge in [-0.3, -0.25) is 9.78 Å².